The average molecular weight is 618 g/mol. The van der Waals surface area contributed by atoms with Crippen LogP contribution in [-0.4, -0.2) is 38.4 Å². The van der Waals surface area contributed by atoms with Crippen LogP contribution < -0.4 is 15.8 Å². The molecular weight excluding hydrogens is 587 g/mol. The fourth-order valence-electron chi connectivity index (χ4n) is 4.61. The van der Waals surface area contributed by atoms with Crippen molar-refractivity contribution >= 4 is 40.5 Å². The Morgan fingerprint density at radius 2 is 1.58 bits per heavy atom. The number of methoxy groups -OCH3 is 1. The van der Waals surface area contributed by atoms with Gasteiger partial charge in [-0.2, -0.15) is 0 Å². The van der Waals surface area contributed by atoms with Gasteiger partial charge in [-0.25, -0.2) is 9.50 Å². The van der Waals surface area contributed by atoms with Crippen molar-refractivity contribution in [3.8, 4) is 5.75 Å². The van der Waals surface area contributed by atoms with Gasteiger partial charge < -0.3 is 15.8 Å². The van der Waals surface area contributed by atoms with Gasteiger partial charge in [-0.15, -0.1) is 5.10 Å². The molecule has 3 N–H and O–H groups in total. The van der Waals surface area contributed by atoms with E-state index in [0.29, 0.717) is 58.8 Å². The van der Waals surface area contributed by atoms with Gasteiger partial charge in [-0.05, 0) is 36.1 Å². The third-order valence-electron chi connectivity index (χ3n) is 7.23. The van der Waals surface area contributed by atoms with Crippen molar-refractivity contribution in [2.24, 2.45) is 5.73 Å². The Kier molecular flexibility index (Phi) is 9.35. The minimum absolute atomic E-state index is 0.0421. The van der Waals surface area contributed by atoms with Crippen molar-refractivity contribution < 1.29 is 14.3 Å². The molecule has 0 saturated heterocycles. The van der Waals surface area contributed by atoms with Gasteiger partial charge in [0.2, 0.25) is 5.91 Å². The van der Waals surface area contributed by atoms with Crippen molar-refractivity contribution in [1.29, 1.82) is 0 Å². The topological polar surface area (TPSA) is 124 Å². The van der Waals surface area contributed by atoms with Gasteiger partial charge in [0.05, 0.1) is 17.2 Å². The zero-order valence-electron chi connectivity index (χ0n) is 23.5. The largest absolute Gasteiger partial charge is 0.493 e. The number of ketones is 1. The normalized spacial score (nSPS) is 13.1. The summed E-state index contributed by atoms with van der Waals surface area (Å²) in [6.07, 6.45) is 4.09. The molecule has 11 heteroatoms. The summed E-state index contributed by atoms with van der Waals surface area (Å²) in [5.74, 6) is 0.407. The predicted molar refractivity (Wildman–Crippen MR) is 165 cm³/mol. The van der Waals surface area contributed by atoms with Crippen LogP contribution in [0.25, 0.3) is 5.65 Å². The maximum absolute atomic E-state index is 13.3. The molecule has 0 bridgehead atoms. The Labute approximate surface area is 259 Å². The number of benzene rings is 2. The number of ether oxygens (including phenoxy) is 1. The summed E-state index contributed by atoms with van der Waals surface area (Å²) >= 11 is 12.4. The molecular formula is C32H30Cl2N6O3. The summed E-state index contributed by atoms with van der Waals surface area (Å²) in [5.41, 5.74) is 7.84. The maximum Gasteiger partial charge on any atom is 0.234 e. The standard InChI is InChI=1S/C25H21Cl2N5O3.C7H9N/c1-35-21-8-7-19(20(33)11-16-17(26)13-28-14-18(16)27)32-22(21)30-23(31-32)25(9-10-25)24(34)29-12-15-5-3-2-4-6-15;8-6-7-4-2-1-3-5-7/h2-8,13-14H,9-12H2,1H3,(H,29,34);1-5H,6,8H2. The number of halogens is 2. The van der Waals surface area contributed by atoms with E-state index in [1.54, 1.807) is 12.1 Å². The van der Waals surface area contributed by atoms with E-state index in [0.717, 1.165) is 5.56 Å². The summed E-state index contributed by atoms with van der Waals surface area (Å²) in [5, 5.41) is 8.21. The van der Waals surface area contributed by atoms with Crippen LogP contribution >= 0.6 is 23.2 Å². The van der Waals surface area contributed by atoms with E-state index in [9.17, 15) is 9.59 Å². The van der Waals surface area contributed by atoms with Gasteiger partial charge in [-0.1, -0.05) is 83.9 Å². The summed E-state index contributed by atoms with van der Waals surface area (Å²) in [7, 11) is 1.52. The number of carbonyl (C=O) groups excluding carboxylic acids is 2. The van der Waals surface area contributed by atoms with Gasteiger partial charge in [0.1, 0.15) is 11.1 Å². The van der Waals surface area contributed by atoms with Crippen LogP contribution in [-0.2, 0) is 29.7 Å². The molecule has 0 spiro atoms. The smallest absolute Gasteiger partial charge is 0.234 e. The fraction of sp³-hybridized carbons (Fsp3) is 0.219. The zero-order chi connectivity index (χ0) is 30.4. The number of Topliss-reactive ketones (excluding diaryl/α,β-unsaturated/α-hetero) is 1. The molecule has 1 aliphatic carbocycles. The predicted octanol–water partition coefficient (Wildman–Crippen LogP) is 5.36. The molecule has 3 heterocycles. The first-order chi connectivity index (χ1) is 20.9. The Bertz CT molecular complexity index is 1720. The number of amides is 1. The number of aromatic nitrogens is 4. The number of nitrogens with two attached hydrogens (primary N) is 1. The minimum Gasteiger partial charge on any atom is -0.493 e. The van der Waals surface area contributed by atoms with Gasteiger partial charge >= 0.3 is 0 Å². The fourth-order valence-corrected chi connectivity index (χ4v) is 5.11. The molecule has 1 aliphatic rings. The Hall–Kier alpha value is -4.31. The van der Waals surface area contributed by atoms with E-state index in [1.807, 2.05) is 60.7 Å². The number of pyridine rings is 2. The number of hydrogen-bond donors (Lipinski definition) is 2. The van der Waals surface area contributed by atoms with E-state index in [4.69, 9.17) is 33.7 Å². The lowest BCUT2D eigenvalue weighted by Gasteiger charge is -2.12. The quantitative estimate of drug-likeness (QED) is 0.214. The Balaban J connectivity index is 0.000000400. The second kappa shape index (κ2) is 13.3. The summed E-state index contributed by atoms with van der Waals surface area (Å²) in [4.78, 5) is 34.9. The molecule has 1 fully saturated rings. The zero-order valence-corrected chi connectivity index (χ0v) is 25.0. The average Bonchev–Trinajstić information content (AvgIpc) is 3.73. The molecule has 3 aromatic heterocycles. The molecule has 1 amide bonds. The summed E-state index contributed by atoms with van der Waals surface area (Å²) < 4.78 is 6.88. The number of fused-ring (bicyclic) bond motifs is 1. The molecule has 0 aliphatic heterocycles. The monoisotopic (exact) mass is 616 g/mol. The first kappa shape index (κ1) is 30.2. The minimum atomic E-state index is -0.830. The van der Waals surface area contributed by atoms with Crippen LogP contribution in [0.15, 0.2) is 85.2 Å². The van der Waals surface area contributed by atoms with E-state index in [-0.39, 0.29) is 23.8 Å². The lowest BCUT2D eigenvalue weighted by molar-refractivity contribution is -0.123. The van der Waals surface area contributed by atoms with Crippen molar-refractivity contribution in [2.45, 2.75) is 37.8 Å². The summed E-state index contributed by atoms with van der Waals surface area (Å²) in [6.45, 7) is 1.05. The van der Waals surface area contributed by atoms with Crippen LogP contribution in [0.1, 0.15) is 45.8 Å². The SMILES string of the molecule is COc1ccc(C(=O)Cc2c(Cl)cncc2Cl)n2nc(C3(C(=O)NCc4ccccc4)CC3)nc12.NCc1ccccc1. The van der Waals surface area contributed by atoms with Crippen LogP contribution in [0.5, 0.6) is 5.75 Å². The van der Waals surface area contributed by atoms with Crippen molar-refractivity contribution in [1.82, 2.24) is 24.9 Å². The highest BCUT2D eigenvalue weighted by Crippen LogP contribution is 2.47. The van der Waals surface area contributed by atoms with Crippen LogP contribution in [0, 0.1) is 0 Å². The first-order valence-electron chi connectivity index (χ1n) is 13.7. The highest BCUT2D eigenvalue weighted by atomic mass is 35.5. The third kappa shape index (κ3) is 6.69. The van der Waals surface area contributed by atoms with Gasteiger partial charge in [-0.3, -0.25) is 14.6 Å². The lowest BCUT2D eigenvalue weighted by atomic mass is 10.1. The Morgan fingerprint density at radius 1 is 0.953 bits per heavy atom. The van der Waals surface area contributed by atoms with Crippen LogP contribution in [0.2, 0.25) is 10.0 Å². The number of rotatable bonds is 9. The number of nitrogens with one attached hydrogen (secondary N) is 1. The molecule has 5 aromatic rings. The highest BCUT2D eigenvalue weighted by Gasteiger charge is 2.55. The van der Waals surface area contributed by atoms with Crippen LogP contribution in [0.4, 0.5) is 0 Å². The molecule has 2 aromatic carbocycles. The lowest BCUT2D eigenvalue weighted by Crippen LogP contribution is -2.35. The molecule has 6 rings (SSSR count). The van der Waals surface area contributed by atoms with Crippen molar-refractivity contribution in [3.05, 3.63) is 123 Å². The molecule has 220 valence electrons. The molecule has 0 radical (unpaired) electrons. The van der Waals surface area contributed by atoms with Crippen molar-refractivity contribution in [3.63, 3.8) is 0 Å². The molecule has 1 saturated carbocycles. The van der Waals surface area contributed by atoms with Gasteiger partial charge in [0.15, 0.2) is 23.0 Å². The van der Waals surface area contributed by atoms with E-state index >= 15 is 0 Å². The Morgan fingerprint density at radius 3 is 2.14 bits per heavy atom. The molecule has 43 heavy (non-hydrogen) atoms. The van der Waals surface area contributed by atoms with Crippen molar-refractivity contribution in [2.75, 3.05) is 7.11 Å². The number of hydrogen-bond acceptors (Lipinski definition) is 7. The molecule has 0 atom stereocenters. The second-order valence-electron chi connectivity index (χ2n) is 10.1. The van der Waals surface area contributed by atoms with E-state index in [1.165, 1.54) is 29.6 Å². The van der Waals surface area contributed by atoms with E-state index < -0.39 is 5.41 Å². The third-order valence-corrected chi connectivity index (χ3v) is 7.88. The van der Waals surface area contributed by atoms with Gasteiger partial charge in [0, 0.05) is 37.5 Å². The second-order valence-corrected chi connectivity index (χ2v) is 10.9. The first-order valence-corrected chi connectivity index (χ1v) is 14.4. The van der Waals surface area contributed by atoms with E-state index in [2.05, 4.69) is 20.4 Å². The number of carbonyl (C=O) groups is 2. The molecule has 0 unspecified atom stereocenters. The maximum atomic E-state index is 13.3. The van der Waals surface area contributed by atoms with Gasteiger partial charge in [0.25, 0.3) is 0 Å². The summed E-state index contributed by atoms with van der Waals surface area (Å²) in [6, 6.07) is 22.9. The highest BCUT2D eigenvalue weighted by molar-refractivity contribution is 6.36. The number of nitrogens with zero attached hydrogens (tertiary/aromatic N) is 4. The molecule has 9 nitrogen and oxygen atoms in total. The van der Waals surface area contributed by atoms with Crippen LogP contribution in [0.3, 0.4) is 0 Å².